The Morgan fingerprint density at radius 1 is 1.47 bits per heavy atom. The molecule has 92 valence electrons. The van der Waals surface area contributed by atoms with Gasteiger partial charge in [0.25, 0.3) is 0 Å². The van der Waals surface area contributed by atoms with Crippen molar-refractivity contribution >= 4 is 11.6 Å². The monoisotopic (exact) mass is 234 g/mol. The Bertz CT molecular complexity index is 406. The third-order valence-electron chi connectivity index (χ3n) is 2.98. The highest BCUT2D eigenvalue weighted by Crippen LogP contribution is 2.28. The van der Waals surface area contributed by atoms with Crippen molar-refractivity contribution in [2.75, 3.05) is 24.6 Å². The van der Waals surface area contributed by atoms with E-state index in [0.29, 0.717) is 26.1 Å². The number of rotatable bonds is 5. The van der Waals surface area contributed by atoms with Crippen LogP contribution in [0.1, 0.15) is 12.5 Å². The van der Waals surface area contributed by atoms with Crippen LogP contribution in [-0.4, -0.2) is 31.7 Å². The van der Waals surface area contributed by atoms with Crippen molar-refractivity contribution in [2.24, 2.45) is 5.73 Å². The molecule has 0 saturated heterocycles. The van der Waals surface area contributed by atoms with Crippen LogP contribution in [0.4, 0.5) is 5.69 Å². The standard InChI is InChI=1S/C13H18N2O2/c1-2-17-11(8-14)9-15-12-6-4-3-5-10(12)7-13(15)16/h3-6,11H,2,7-9,14H2,1H3. The van der Waals surface area contributed by atoms with Crippen LogP contribution < -0.4 is 10.6 Å². The summed E-state index contributed by atoms with van der Waals surface area (Å²) in [5, 5.41) is 0. The smallest absolute Gasteiger partial charge is 0.231 e. The molecule has 0 aromatic heterocycles. The zero-order valence-corrected chi connectivity index (χ0v) is 10.1. The molecule has 2 N–H and O–H groups in total. The third kappa shape index (κ3) is 2.48. The highest BCUT2D eigenvalue weighted by Gasteiger charge is 2.28. The minimum Gasteiger partial charge on any atom is -0.375 e. The van der Waals surface area contributed by atoms with Crippen LogP contribution in [0.25, 0.3) is 0 Å². The second-order valence-electron chi connectivity index (χ2n) is 4.12. The Kier molecular flexibility index (Phi) is 3.76. The fourth-order valence-electron chi connectivity index (χ4n) is 2.15. The topological polar surface area (TPSA) is 55.6 Å². The number of ether oxygens (including phenoxy) is 1. The molecule has 1 amide bonds. The zero-order chi connectivity index (χ0) is 12.3. The first-order chi connectivity index (χ1) is 8.26. The van der Waals surface area contributed by atoms with Gasteiger partial charge in [-0.2, -0.15) is 0 Å². The van der Waals surface area contributed by atoms with Crippen molar-refractivity contribution in [2.45, 2.75) is 19.4 Å². The van der Waals surface area contributed by atoms with Crippen molar-refractivity contribution in [1.29, 1.82) is 0 Å². The van der Waals surface area contributed by atoms with Crippen LogP contribution in [0.2, 0.25) is 0 Å². The summed E-state index contributed by atoms with van der Waals surface area (Å²) in [6, 6.07) is 7.87. The Morgan fingerprint density at radius 3 is 2.94 bits per heavy atom. The molecule has 0 fully saturated rings. The van der Waals surface area contributed by atoms with E-state index in [-0.39, 0.29) is 12.0 Å². The summed E-state index contributed by atoms with van der Waals surface area (Å²) < 4.78 is 5.50. The highest BCUT2D eigenvalue weighted by atomic mass is 16.5. The fourth-order valence-corrected chi connectivity index (χ4v) is 2.15. The number of anilines is 1. The summed E-state index contributed by atoms with van der Waals surface area (Å²) in [6.45, 7) is 3.52. The summed E-state index contributed by atoms with van der Waals surface area (Å²) in [5.41, 5.74) is 7.72. The number of fused-ring (bicyclic) bond motifs is 1. The predicted octanol–water partition coefficient (Wildman–Crippen LogP) is 0.940. The van der Waals surface area contributed by atoms with E-state index in [4.69, 9.17) is 10.5 Å². The van der Waals surface area contributed by atoms with Gasteiger partial charge in [-0.1, -0.05) is 18.2 Å². The van der Waals surface area contributed by atoms with Gasteiger partial charge in [-0.3, -0.25) is 4.79 Å². The average molecular weight is 234 g/mol. The molecule has 1 atom stereocenters. The molecule has 0 bridgehead atoms. The SMILES string of the molecule is CCOC(CN)CN1C(=O)Cc2ccccc21. The number of nitrogens with zero attached hydrogens (tertiary/aromatic N) is 1. The van der Waals surface area contributed by atoms with Crippen LogP contribution in [-0.2, 0) is 16.0 Å². The average Bonchev–Trinajstić information content (AvgIpc) is 2.65. The summed E-state index contributed by atoms with van der Waals surface area (Å²) >= 11 is 0. The van der Waals surface area contributed by atoms with E-state index in [9.17, 15) is 4.79 Å². The van der Waals surface area contributed by atoms with Gasteiger partial charge >= 0.3 is 0 Å². The number of carbonyl (C=O) groups is 1. The maximum absolute atomic E-state index is 11.9. The minimum atomic E-state index is -0.0879. The number of benzene rings is 1. The van der Waals surface area contributed by atoms with E-state index in [1.54, 1.807) is 4.90 Å². The van der Waals surface area contributed by atoms with Gasteiger partial charge in [-0.25, -0.2) is 0 Å². The van der Waals surface area contributed by atoms with E-state index in [1.807, 2.05) is 31.2 Å². The Hall–Kier alpha value is -1.39. The number of hydrogen-bond acceptors (Lipinski definition) is 3. The molecule has 17 heavy (non-hydrogen) atoms. The zero-order valence-electron chi connectivity index (χ0n) is 10.1. The van der Waals surface area contributed by atoms with Crippen LogP contribution in [0.5, 0.6) is 0 Å². The molecule has 0 aliphatic carbocycles. The molecule has 4 heteroatoms. The second-order valence-corrected chi connectivity index (χ2v) is 4.12. The van der Waals surface area contributed by atoms with Crippen molar-refractivity contribution in [3.63, 3.8) is 0 Å². The molecule has 1 aromatic carbocycles. The van der Waals surface area contributed by atoms with Crippen LogP contribution in [0, 0.1) is 0 Å². The maximum atomic E-state index is 11.9. The summed E-state index contributed by atoms with van der Waals surface area (Å²) in [4.78, 5) is 13.7. The van der Waals surface area contributed by atoms with Crippen molar-refractivity contribution < 1.29 is 9.53 Å². The Morgan fingerprint density at radius 2 is 2.24 bits per heavy atom. The van der Waals surface area contributed by atoms with Gasteiger partial charge in [0.15, 0.2) is 0 Å². The Labute approximate surface area is 101 Å². The molecular weight excluding hydrogens is 216 g/mol. The van der Waals surface area contributed by atoms with Crippen LogP contribution in [0.15, 0.2) is 24.3 Å². The lowest BCUT2D eigenvalue weighted by molar-refractivity contribution is -0.117. The molecule has 1 unspecified atom stereocenters. The van der Waals surface area contributed by atoms with E-state index in [2.05, 4.69) is 0 Å². The largest absolute Gasteiger partial charge is 0.375 e. The maximum Gasteiger partial charge on any atom is 0.231 e. The van der Waals surface area contributed by atoms with Gasteiger partial charge in [0, 0.05) is 18.8 Å². The highest BCUT2D eigenvalue weighted by molar-refractivity contribution is 6.01. The number of amides is 1. The van der Waals surface area contributed by atoms with E-state index in [0.717, 1.165) is 11.3 Å². The molecule has 1 aliphatic heterocycles. The number of para-hydroxylation sites is 1. The molecule has 0 radical (unpaired) electrons. The van der Waals surface area contributed by atoms with Crippen LogP contribution in [0.3, 0.4) is 0 Å². The lowest BCUT2D eigenvalue weighted by atomic mass is 10.2. The summed E-state index contributed by atoms with van der Waals surface area (Å²) in [6.07, 6.45) is 0.398. The molecule has 1 heterocycles. The third-order valence-corrected chi connectivity index (χ3v) is 2.98. The number of nitrogens with two attached hydrogens (primary N) is 1. The molecule has 1 aromatic rings. The van der Waals surface area contributed by atoms with Crippen molar-refractivity contribution in [3.8, 4) is 0 Å². The van der Waals surface area contributed by atoms with E-state index < -0.39 is 0 Å². The molecule has 0 saturated carbocycles. The number of hydrogen-bond donors (Lipinski definition) is 1. The quantitative estimate of drug-likeness (QED) is 0.825. The number of carbonyl (C=O) groups excluding carboxylic acids is 1. The first-order valence-electron chi connectivity index (χ1n) is 5.96. The van der Waals surface area contributed by atoms with Gasteiger partial charge in [0.1, 0.15) is 0 Å². The fraction of sp³-hybridized carbons (Fsp3) is 0.462. The molecular formula is C13H18N2O2. The summed E-state index contributed by atoms with van der Waals surface area (Å²) in [5.74, 6) is 0.129. The summed E-state index contributed by atoms with van der Waals surface area (Å²) in [7, 11) is 0. The minimum absolute atomic E-state index is 0.0879. The molecule has 4 nitrogen and oxygen atoms in total. The van der Waals surface area contributed by atoms with Gasteiger partial charge in [0.05, 0.1) is 19.1 Å². The van der Waals surface area contributed by atoms with Gasteiger partial charge in [0.2, 0.25) is 5.91 Å². The first kappa shape index (κ1) is 12.1. The lowest BCUT2D eigenvalue weighted by Gasteiger charge is -2.23. The predicted molar refractivity (Wildman–Crippen MR) is 67.0 cm³/mol. The van der Waals surface area contributed by atoms with Gasteiger partial charge in [-0.15, -0.1) is 0 Å². The normalized spacial score (nSPS) is 16.1. The lowest BCUT2D eigenvalue weighted by Crippen LogP contribution is -2.40. The van der Waals surface area contributed by atoms with Gasteiger partial charge < -0.3 is 15.4 Å². The van der Waals surface area contributed by atoms with Gasteiger partial charge in [-0.05, 0) is 18.6 Å². The molecule has 2 rings (SSSR count). The molecule has 1 aliphatic rings. The molecule has 0 spiro atoms. The van der Waals surface area contributed by atoms with Crippen molar-refractivity contribution in [1.82, 2.24) is 0 Å². The van der Waals surface area contributed by atoms with E-state index >= 15 is 0 Å². The Balaban J connectivity index is 2.13. The van der Waals surface area contributed by atoms with E-state index in [1.165, 1.54) is 0 Å². The second kappa shape index (κ2) is 5.29. The van der Waals surface area contributed by atoms with Crippen LogP contribution >= 0.6 is 0 Å². The van der Waals surface area contributed by atoms with Crippen molar-refractivity contribution in [3.05, 3.63) is 29.8 Å². The first-order valence-corrected chi connectivity index (χ1v) is 5.96.